The molecule has 1 atom stereocenters. The third-order valence-corrected chi connectivity index (χ3v) is 4.45. The number of rotatable bonds is 3. The zero-order valence-corrected chi connectivity index (χ0v) is 13.1. The van der Waals surface area contributed by atoms with E-state index >= 15 is 0 Å². The van der Waals surface area contributed by atoms with Crippen molar-refractivity contribution in [3.63, 3.8) is 0 Å². The maximum absolute atomic E-state index is 4.28. The Morgan fingerprint density at radius 3 is 2.95 bits per heavy atom. The van der Waals surface area contributed by atoms with Crippen LogP contribution in [0.2, 0.25) is 0 Å². The molecule has 0 spiro atoms. The fourth-order valence-corrected chi connectivity index (χ4v) is 3.45. The van der Waals surface area contributed by atoms with Crippen molar-refractivity contribution in [3.8, 4) is 0 Å². The SMILES string of the molecule is Brc1cccc(CN2CCCC[C@@H]2c2cccnc2)c1. The van der Waals surface area contributed by atoms with Gasteiger partial charge in [-0.2, -0.15) is 0 Å². The molecule has 1 aliphatic rings. The van der Waals surface area contributed by atoms with Crippen LogP contribution in [0.25, 0.3) is 0 Å². The van der Waals surface area contributed by atoms with Gasteiger partial charge in [0.25, 0.3) is 0 Å². The second-order valence-electron chi connectivity index (χ2n) is 5.40. The van der Waals surface area contributed by atoms with Crippen LogP contribution in [0.15, 0.2) is 53.3 Å². The number of likely N-dealkylation sites (tertiary alicyclic amines) is 1. The first-order chi connectivity index (χ1) is 9.83. The van der Waals surface area contributed by atoms with E-state index in [4.69, 9.17) is 0 Å². The molecule has 0 unspecified atom stereocenters. The summed E-state index contributed by atoms with van der Waals surface area (Å²) in [6.07, 6.45) is 7.72. The van der Waals surface area contributed by atoms with E-state index in [1.807, 2.05) is 18.5 Å². The third-order valence-electron chi connectivity index (χ3n) is 3.96. The number of hydrogen-bond donors (Lipinski definition) is 0. The van der Waals surface area contributed by atoms with Gasteiger partial charge in [0.05, 0.1) is 0 Å². The highest BCUT2D eigenvalue weighted by Gasteiger charge is 2.23. The van der Waals surface area contributed by atoms with Crippen molar-refractivity contribution in [1.82, 2.24) is 9.88 Å². The highest BCUT2D eigenvalue weighted by molar-refractivity contribution is 9.10. The smallest absolute Gasteiger partial charge is 0.0366 e. The van der Waals surface area contributed by atoms with Crippen LogP contribution in [-0.4, -0.2) is 16.4 Å². The van der Waals surface area contributed by atoms with Gasteiger partial charge in [0.1, 0.15) is 0 Å². The summed E-state index contributed by atoms with van der Waals surface area (Å²) in [5.74, 6) is 0. The van der Waals surface area contributed by atoms with Crippen LogP contribution in [0.1, 0.15) is 36.4 Å². The molecule has 2 heterocycles. The number of pyridine rings is 1. The van der Waals surface area contributed by atoms with Gasteiger partial charge in [-0.25, -0.2) is 0 Å². The molecule has 0 aliphatic carbocycles. The summed E-state index contributed by atoms with van der Waals surface area (Å²) in [5.41, 5.74) is 2.72. The minimum absolute atomic E-state index is 0.511. The molecule has 2 aromatic rings. The monoisotopic (exact) mass is 330 g/mol. The Kier molecular flexibility index (Phi) is 4.48. The Morgan fingerprint density at radius 1 is 1.20 bits per heavy atom. The molecule has 0 N–H and O–H groups in total. The topological polar surface area (TPSA) is 16.1 Å². The summed E-state index contributed by atoms with van der Waals surface area (Å²) in [6.45, 7) is 2.19. The fourth-order valence-electron chi connectivity index (χ4n) is 3.00. The maximum Gasteiger partial charge on any atom is 0.0366 e. The van der Waals surface area contributed by atoms with Crippen LogP contribution >= 0.6 is 15.9 Å². The van der Waals surface area contributed by atoms with Gasteiger partial charge in [-0.05, 0) is 48.7 Å². The van der Waals surface area contributed by atoms with E-state index in [1.165, 1.54) is 36.9 Å². The minimum Gasteiger partial charge on any atom is -0.292 e. The van der Waals surface area contributed by atoms with Crippen LogP contribution in [-0.2, 0) is 6.54 Å². The Bertz CT molecular complexity index is 556. The molecule has 0 bridgehead atoms. The van der Waals surface area contributed by atoms with Crippen molar-refractivity contribution in [2.24, 2.45) is 0 Å². The van der Waals surface area contributed by atoms with E-state index in [1.54, 1.807) is 0 Å². The molecule has 0 amide bonds. The Hall–Kier alpha value is -1.19. The largest absolute Gasteiger partial charge is 0.292 e. The molecule has 1 aromatic carbocycles. The fraction of sp³-hybridized carbons (Fsp3) is 0.353. The van der Waals surface area contributed by atoms with E-state index < -0.39 is 0 Å². The molecular weight excluding hydrogens is 312 g/mol. The molecule has 1 aromatic heterocycles. The lowest BCUT2D eigenvalue weighted by Crippen LogP contribution is -2.32. The number of aromatic nitrogens is 1. The molecular formula is C17H19BrN2. The van der Waals surface area contributed by atoms with Gasteiger partial charge in [0.2, 0.25) is 0 Å². The van der Waals surface area contributed by atoms with Gasteiger partial charge in [-0.15, -0.1) is 0 Å². The van der Waals surface area contributed by atoms with Gasteiger partial charge >= 0.3 is 0 Å². The van der Waals surface area contributed by atoms with E-state index in [-0.39, 0.29) is 0 Å². The molecule has 0 saturated carbocycles. The zero-order chi connectivity index (χ0) is 13.8. The highest BCUT2D eigenvalue weighted by atomic mass is 79.9. The van der Waals surface area contributed by atoms with Gasteiger partial charge in [-0.1, -0.05) is 40.5 Å². The van der Waals surface area contributed by atoms with Crippen molar-refractivity contribution < 1.29 is 0 Å². The molecule has 2 nitrogen and oxygen atoms in total. The van der Waals surface area contributed by atoms with Crippen molar-refractivity contribution >= 4 is 15.9 Å². The zero-order valence-electron chi connectivity index (χ0n) is 11.5. The van der Waals surface area contributed by atoms with Crippen molar-refractivity contribution in [1.29, 1.82) is 0 Å². The number of hydrogen-bond acceptors (Lipinski definition) is 2. The van der Waals surface area contributed by atoms with Crippen LogP contribution in [0.5, 0.6) is 0 Å². The van der Waals surface area contributed by atoms with E-state index in [0.717, 1.165) is 11.0 Å². The number of nitrogens with zero attached hydrogens (tertiary/aromatic N) is 2. The first-order valence-corrected chi connectivity index (χ1v) is 8.00. The predicted octanol–water partition coefficient (Wildman–Crippen LogP) is 4.57. The standard InChI is InChI=1S/C17H19BrN2/c18-16-7-3-5-14(11-16)13-20-10-2-1-8-17(20)15-6-4-9-19-12-15/h3-7,9,11-12,17H,1-2,8,10,13H2/t17-/m1/s1. The van der Waals surface area contributed by atoms with Crippen LogP contribution in [0.3, 0.4) is 0 Å². The lowest BCUT2D eigenvalue weighted by Gasteiger charge is -2.36. The molecule has 1 aliphatic heterocycles. The first-order valence-electron chi connectivity index (χ1n) is 7.21. The van der Waals surface area contributed by atoms with Crippen molar-refractivity contribution in [3.05, 3.63) is 64.4 Å². The summed E-state index contributed by atoms with van der Waals surface area (Å²) in [5, 5.41) is 0. The van der Waals surface area contributed by atoms with Crippen LogP contribution in [0.4, 0.5) is 0 Å². The molecule has 0 radical (unpaired) electrons. The van der Waals surface area contributed by atoms with E-state index in [2.05, 4.69) is 56.1 Å². The molecule has 3 rings (SSSR count). The lowest BCUT2D eigenvalue weighted by molar-refractivity contribution is 0.140. The van der Waals surface area contributed by atoms with E-state index in [9.17, 15) is 0 Å². The number of benzene rings is 1. The average molecular weight is 331 g/mol. The molecule has 20 heavy (non-hydrogen) atoms. The van der Waals surface area contributed by atoms with Crippen LogP contribution < -0.4 is 0 Å². The number of piperidine rings is 1. The quantitative estimate of drug-likeness (QED) is 0.819. The Balaban J connectivity index is 1.79. The number of halogens is 1. The van der Waals surface area contributed by atoms with Gasteiger partial charge < -0.3 is 0 Å². The minimum atomic E-state index is 0.511. The Morgan fingerprint density at radius 2 is 2.15 bits per heavy atom. The second kappa shape index (κ2) is 6.51. The molecule has 1 saturated heterocycles. The van der Waals surface area contributed by atoms with Crippen LogP contribution in [0, 0.1) is 0 Å². The average Bonchev–Trinajstić information content (AvgIpc) is 2.49. The summed E-state index contributed by atoms with van der Waals surface area (Å²) in [7, 11) is 0. The second-order valence-corrected chi connectivity index (χ2v) is 6.31. The van der Waals surface area contributed by atoms with Crippen molar-refractivity contribution in [2.45, 2.75) is 31.8 Å². The summed E-state index contributed by atoms with van der Waals surface area (Å²) < 4.78 is 1.16. The third kappa shape index (κ3) is 3.28. The molecule has 3 heteroatoms. The molecule has 104 valence electrons. The predicted molar refractivity (Wildman–Crippen MR) is 85.4 cm³/mol. The lowest BCUT2D eigenvalue weighted by atomic mass is 9.96. The summed E-state index contributed by atoms with van der Waals surface area (Å²) in [4.78, 5) is 6.87. The first kappa shape index (κ1) is 13.8. The van der Waals surface area contributed by atoms with Gasteiger partial charge in [-0.3, -0.25) is 9.88 Å². The molecule has 1 fully saturated rings. The van der Waals surface area contributed by atoms with Crippen molar-refractivity contribution in [2.75, 3.05) is 6.54 Å². The van der Waals surface area contributed by atoms with Gasteiger partial charge in [0.15, 0.2) is 0 Å². The Labute approximate surface area is 129 Å². The van der Waals surface area contributed by atoms with E-state index in [0.29, 0.717) is 6.04 Å². The van der Waals surface area contributed by atoms with Gasteiger partial charge in [0, 0.05) is 29.5 Å². The summed E-state index contributed by atoms with van der Waals surface area (Å²) >= 11 is 3.56. The summed E-state index contributed by atoms with van der Waals surface area (Å²) in [6, 6.07) is 13.4. The maximum atomic E-state index is 4.28. The normalized spacial score (nSPS) is 19.9. The highest BCUT2D eigenvalue weighted by Crippen LogP contribution is 2.31.